The molecular weight excluding hydrogens is 252 g/mol. The smallest absolute Gasteiger partial charge is 0.410 e. The second-order valence-corrected chi connectivity index (χ2v) is 4.37. The summed E-state index contributed by atoms with van der Waals surface area (Å²) in [6.45, 7) is 1.44. The number of cyclic esters (lactones) is 1. The Hall–Kier alpha value is -1.82. The molecule has 1 amide bonds. The second-order valence-electron chi connectivity index (χ2n) is 3.93. The van der Waals surface area contributed by atoms with Gasteiger partial charge in [0.1, 0.15) is 17.3 Å². The molecule has 0 saturated carbocycles. The molecule has 0 spiro atoms. The van der Waals surface area contributed by atoms with E-state index in [1.807, 2.05) is 6.07 Å². The number of nitrogens with zero attached hydrogens (tertiary/aromatic N) is 1. The van der Waals surface area contributed by atoms with Crippen molar-refractivity contribution >= 4 is 23.3 Å². The third-order valence-corrected chi connectivity index (χ3v) is 3.01. The first-order valence-corrected chi connectivity index (χ1v) is 5.91. The largest absolute Gasteiger partial charge is 0.496 e. The van der Waals surface area contributed by atoms with E-state index in [1.54, 1.807) is 24.1 Å². The first-order valence-electron chi connectivity index (χ1n) is 5.50. The van der Waals surface area contributed by atoms with Crippen LogP contribution in [0.25, 0.3) is 0 Å². The Morgan fingerprint density at radius 2 is 2.39 bits per heavy atom. The maximum absolute atomic E-state index is 11.4. The number of ether oxygens (including phenoxy) is 2. The number of hydrogen-bond acceptors (Lipinski definition) is 4. The lowest BCUT2D eigenvalue weighted by Crippen LogP contribution is -2.24. The topological polar surface area (TPSA) is 64.8 Å². The zero-order valence-corrected chi connectivity index (χ0v) is 10.8. The van der Waals surface area contributed by atoms with Gasteiger partial charge in [-0.3, -0.25) is 0 Å². The summed E-state index contributed by atoms with van der Waals surface area (Å²) >= 11 is 4.94. The molecule has 0 unspecified atom stereocenters. The maximum Gasteiger partial charge on any atom is 0.410 e. The first kappa shape index (κ1) is 12.6. The summed E-state index contributed by atoms with van der Waals surface area (Å²) in [5.41, 5.74) is 7.22. The van der Waals surface area contributed by atoms with E-state index in [1.165, 1.54) is 0 Å². The van der Waals surface area contributed by atoms with Crippen LogP contribution in [0.2, 0.25) is 0 Å². The van der Waals surface area contributed by atoms with Gasteiger partial charge >= 0.3 is 6.09 Å². The molecule has 0 atom stereocenters. The number of carbonyl (C=O) groups is 1. The van der Waals surface area contributed by atoms with Gasteiger partial charge in [-0.2, -0.15) is 0 Å². The van der Waals surface area contributed by atoms with Gasteiger partial charge in [0.05, 0.1) is 20.2 Å². The van der Waals surface area contributed by atoms with Crippen LogP contribution in [0, 0.1) is 0 Å². The second kappa shape index (κ2) is 5.22. The number of rotatable bonds is 4. The van der Waals surface area contributed by atoms with Crippen molar-refractivity contribution in [3.05, 3.63) is 29.3 Å². The highest BCUT2D eigenvalue weighted by molar-refractivity contribution is 7.80. The minimum absolute atomic E-state index is 0.308. The van der Waals surface area contributed by atoms with Crippen molar-refractivity contribution < 1.29 is 14.3 Å². The third kappa shape index (κ3) is 2.53. The fraction of sp³-hybridized carbons (Fsp3) is 0.333. The Morgan fingerprint density at radius 3 is 2.94 bits per heavy atom. The summed E-state index contributed by atoms with van der Waals surface area (Å²) in [7, 11) is 1.58. The molecule has 18 heavy (non-hydrogen) atoms. The summed E-state index contributed by atoms with van der Waals surface area (Å²) in [6, 6.07) is 5.44. The molecule has 1 aromatic rings. The van der Waals surface area contributed by atoms with E-state index in [4.69, 9.17) is 27.4 Å². The summed E-state index contributed by atoms with van der Waals surface area (Å²) in [5.74, 6) is 0.703. The molecule has 0 aliphatic carbocycles. The fourth-order valence-electron chi connectivity index (χ4n) is 1.83. The lowest BCUT2D eigenvalue weighted by molar-refractivity contribution is 0.157. The lowest BCUT2D eigenvalue weighted by Gasteiger charge is -2.16. The number of methoxy groups -OCH3 is 1. The van der Waals surface area contributed by atoms with Crippen molar-refractivity contribution in [1.82, 2.24) is 4.90 Å². The molecular formula is C12H14N2O3S. The molecule has 5 nitrogen and oxygen atoms in total. The van der Waals surface area contributed by atoms with Gasteiger partial charge in [0.15, 0.2) is 0 Å². The fourth-order valence-corrected chi connectivity index (χ4v) is 1.96. The molecule has 1 heterocycles. The molecule has 1 saturated heterocycles. The number of carbonyl (C=O) groups excluding carboxylic acids is 1. The van der Waals surface area contributed by atoms with Crippen molar-refractivity contribution in [3.8, 4) is 5.75 Å². The zero-order chi connectivity index (χ0) is 13.1. The van der Waals surface area contributed by atoms with Crippen LogP contribution in [0.4, 0.5) is 4.79 Å². The molecule has 1 aliphatic heterocycles. The molecule has 1 fully saturated rings. The highest BCUT2D eigenvalue weighted by atomic mass is 32.1. The third-order valence-electron chi connectivity index (χ3n) is 2.77. The predicted octanol–water partition coefficient (Wildman–Crippen LogP) is 1.28. The van der Waals surface area contributed by atoms with Gasteiger partial charge in [-0.15, -0.1) is 0 Å². The Balaban J connectivity index is 2.26. The van der Waals surface area contributed by atoms with E-state index in [-0.39, 0.29) is 6.09 Å². The van der Waals surface area contributed by atoms with Crippen LogP contribution in [0.3, 0.4) is 0 Å². The standard InChI is InChI=1S/C12H14N2O3S/c1-16-10-3-2-8(11(13)18)6-9(10)7-14-4-5-17-12(14)15/h2-3,6H,4-5,7H2,1H3,(H2,13,18). The van der Waals surface area contributed by atoms with Crippen molar-refractivity contribution in [2.24, 2.45) is 5.73 Å². The molecule has 0 aromatic heterocycles. The SMILES string of the molecule is COc1ccc(C(N)=S)cc1CN1CCOC1=O. The van der Waals surface area contributed by atoms with E-state index in [0.717, 1.165) is 11.1 Å². The van der Waals surface area contributed by atoms with Crippen LogP contribution in [0.5, 0.6) is 5.75 Å². The number of nitrogens with two attached hydrogens (primary N) is 1. The molecule has 96 valence electrons. The molecule has 2 rings (SSSR count). The van der Waals surface area contributed by atoms with Gasteiger partial charge in [0.2, 0.25) is 0 Å². The number of hydrogen-bond donors (Lipinski definition) is 1. The van der Waals surface area contributed by atoms with Gasteiger partial charge in [-0.05, 0) is 18.2 Å². The average molecular weight is 266 g/mol. The Morgan fingerprint density at radius 1 is 1.61 bits per heavy atom. The van der Waals surface area contributed by atoms with Crippen molar-refractivity contribution in [2.75, 3.05) is 20.3 Å². The first-order chi connectivity index (χ1) is 8.61. The zero-order valence-electron chi connectivity index (χ0n) is 10.0. The highest BCUT2D eigenvalue weighted by Crippen LogP contribution is 2.23. The number of thiocarbonyl (C=S) groups is 1. The summed E-state index contributed by atoms with van der Waals surface area (Å²) in [4.78, 5) is 13.3. The quantitative estimate of drug-likeness (QED) is 0.832. The van der Waals surface area contributed by atoms with E-state index >= 15 is 0 Å². The summed E-state index contributed by atoms with van der Waals surface area (Å²) in [5, 5.41) is 0. The van der Waals surface area contributed by atoms with E-state index in [0.29, 0.717) is 30.4 Å². The molecule has 1 aliphatic rings. The van der Waals surface area contributed by atoms with E-state index in [2.05, 4.69) is 0 Å². The highest BCUT2D eigenvalue weighted by Gasteiger charge is 2.23. The number of benzene rings is 1. The van der Waals surface area contributed by atoms with Crippen LogP contribution < -0.4 is 10.5 Å². The normalized spacial score (nSPS) is 14.5. The monoisotopic (exact) mass is 266 g/mol. The van der Waals surface area contributed by atoms with E-state index < -0.39 is 0 Å². The van der Waals surface area contributed by atoms with Gasteiger partial charge < -0.3 is 20.1 Å². The van der Waals surface area contributed by atoms with Crippen molar-refractivity contribution in [1.29, 1.82) is 0 Å². The molecule has 0 radical (unpaired) electrons. The Bertz CT molecular complexity index is 490. The van der Waals surface area contributed by atoms with Gasteiger partial charge in [-0.1, -0.05) is 12.2 Å². The lowest BCUT2D eigenvalue weighted by atomic mass is 10.1. The minimum Gasteiger partial charge on any atom is -0.496 e. The van der Waals surface area contributed by atoms with Crippen LogP contribution >= 0.6 is 12.2 Å². The van der Waals surface area contributed by atoms with Gasteiger partial charge in [0, 0.05) is 11.1 Å². The van der Waals surface area contributed by atoms with Crippen molar-refractivity contribution in [3.63, 3.8) is 0 Å². The maximum atomic E-state index is 11.4. The molecule has 2 N–H and O–H groups in total. The summed E-state index contributed by atoms with van der Waals surface area (Å²) in [6.07, 6.45) is -0.308. The van der Waals surface area contributed by atoms with Crippen LogP contribution in [0.15, 0.2) is 18.2 Å². The average Bonchev–Trinajstić information content (AvgIpc) is 2.75. The predicted molar refractivity (Wildman–Crippen MR) is 70.6 cm³/mol. The van der Waals surface area contributed by atoms with E-state index in [9.17, 15) is 4.79 Å². The van der Waals surface area contributed by atoms with Crippen molar-refractivity contribution in [2.45, 2.75) is 6.54 Å². The van der Waals surface area contributed by atoms with Gasteiger partial charge in [0.25, 0.3) is 0 Å². The number of amides is 1. The minimum atomic E-state index is -0.308. The van der Waals surface area contributed by atoms with Crippen LogP contribution in [-0.4, -0.2) is 36.2 Å². The summed E-state index contributed by atoms with van der Waals surface area (Å²) < 4.78 is 10.1. The van der Waals surface area contributed by atoms with Gasteiger partial charge in [-0.25, -0.2) is 4.79 Å². The van der Waals surface area contributed by atoms with Crippen LogP contribution in [0.1, 0.15) is 11.1 Å². The molecule has 6 heteroatoms. The Labute approximate surface area is 110 Å². The van der Waals surface area contributed by atoms with Crippen LogP contribution in [-0.2, 0) is 11.3 Å². The molecule has 1 aromatic carbocycles. The Kier molecular flexibility index (Phi) is 3.66. The molecule has 0 bridgehead atoms.